The summed E-state index contributed by atoms with van der Waals surface area (Å²) in [7, 11) is 0. The molecule has 1 saturated heterocycles. The Morgan fingerprint density at radius 2 is 2.00 bits per heavy atom. The molecule has 2 nitrogen and oxygen atoms in total. The Balaban J connectivity index is 1.64. The van der Waals surface area contributed by atoms with Gasteiger partial charge in [0.2, 0.25) is 0 Å². The normalized spacial score (nSPS) is 34.7. The second-order valence-electron chi connectivity index (χ2n) is 6.52. The second kappa shape index (κ2) is 7.49. The molecule has 1 N–H and O–H groups in total. The molecule has 0 spiro atoms. The zero-order valence-electron chi connectivity index (χ0n) is 12.5. The van der Waals surface area contributed by atoms with Crippen LogP contribution in [0.3, 0.4) is 0 Å². The molecule has 0 radical (unpaired) electrons. The molecule has 0 aromatic heterocycles. The first-order valence-electron chi connectivity index (χ1n) is 8.27. The first-order valence-corrected chi connectivity index (χ1v) is 8.27. The standard InChI is InChI=1S/C16H32N2/c1-3-16-9-4-5-11-18(16)12-10-17-15-8-6-7-14(2)13-15/h14-17H,3-13H2,1-2H3. The highest BCUT2D eigenvalue weighted by Crippen LogP contribution is 2.23. The lowest BCUT2D eigenvalue weighted by atomic mass is 9.87. The van der Waals surface area contributed by atoms with Crippen molar-refractivity contribution in [1.29, 1.82) is 0 Å². The maximum absolute atomic E-state index is 3.80. The highest BCUT2D eigenvalue weighted by atomic mass is 15.2. The number of nitrogens with zero attached hydrogens (tertiary/aromatic N) is 1. The number of likely N-dealkylation sites (tertiary alicyclic amines) is 1. The van der Waals surface area contributed by atoms with Gasteiger partial charge in [0.25, 0.3) is 0 Å². The molecular weight excluding hydrogens is 220 g/mol. The van der Waals surface area contributed by atoms with Crippen LogP contribution >= 0.6 is 0 Å². The lowest BCUT2D eigenvalue weighted by molar-refractivity contribution is 0.141. The zero-order valence-corrected chi connectivity index (χ0v) is 12.5. The Kier molecular flexibility index (Phi) is 5.97. The molecule has 18 heavy (non-hydrogen) atoms. The van der Waals surface area contributed by atoms with Crippen LogP contribution in [0.1, 0.15) is 65.2 Å². The highest BCUT2D eigenvalue weighted by molar-refractivity contribution is 4.79. The van der Waals surface area contributed by atoms with Crippen LogP contribution in [0.5, 0.6) is 0 Å². The van der Waals surface area contributed by atoms with Crippen molar-refractivity contribution < 1.29 is 0 Å². The molecule has 0 amide bonds. The van der Waals surface area contributed by atoms with Gasteiger partial charge in [-0.1, -0.05) is 33.1 Å². The van der Waals surface area contributed by atoms with Crippen LogP contribution in [0, 0.1) is 5.92 Å². The van der Waals surface area contributed by atoms with Gasteiger partial charge in [-0.2, -0.15) is 0 Å². The van der Waals surface area contributed by atoms with E-state index in [9.17, 15) is 0 Å². The molecule has 3 unspecified atom stereocenters. The molecule has 1 aliphatic carbocycles. The fourth-order valence-corrected chi connectivity index (χ4v) is 3.85. The molecular formula is C16H32N2. The summed E-state index contributed by atoms with van der Waals surface area (Å²) in [6, 6.07) is 1.67. The SMILES string of the molecule is CCC1CCCCN1CCNC1CCCC(C)C1. The zero-order chi connectivity index (χ0) is 12.8. The third-order valence-corrected chi connectivity index (χ3v) is 4.99. The lowest BCUT2D eigenvalue weighted by Gasteiger charge is -2.36. The molecule has 0 aromatic carbocycles. The van der Waals surface area contributed by atoms with E-state index in [0.717, 1.165) is 18.0 Å². The Labute approximate surface area is 114 Å². The van der Waals surface area contributed by atoms with E-state index in [-0.39, 0.29) is 0 Å². The van der Waals surface area contributed by atoms with E-state index >= 15 is 0 Å². The Bertz CT molecular complexity index is 229. The Hall–Kier alpha value is -0.0800. The van der Waals surface area contributed by atoms with Gasteiger partial charge in [-0.25, -0.2) is 0 Å². The minimum atomic E-state index is 0.804. The van der Waals surface area contributed by atoms with Gasteiger partial charge < -0.3 is 5.32 Å². The largest absolute Gasteiger partial charge is 0.313 e. The van der Waals surface area contributed by atoms with Crippen molar-refractivity contribution in [2.75, 3.05) is 19.6 Å². The van der Waals surface area contributed by atoms with Gasteiger partial charge in [0, 0.05) is 25.2 Å². The number of hydrogen-bond acceptors (Lipinski definition) is 2. The van der Waals surface area contributed by atoms with Crippen LogP contribution in [0.2, 0.25) is 0 Å². The van der Waals surface area contributed by atoms with Crippen molar-refractivity contribution in [3.63, 3.8) is 0 Å². The molecule has 0 bridgehead atoms. The minimum absolute atomic E-state index is 0.804. The van der Waals surface area contributed by atoms with E-state index in [1.807, 2.05) is 0 Å². The van der Waals surface area contributed by atoms with Gasteiger partial charge in [-0.15, -0.1) is 0 Å². The van der Waals surface area contributed by atoms with Crippen molar-refractivity contribution in [1.82, 2.24) is 10.2 Å². The van der Waals surface area contributed by atoms with Crippen LogP contribution < -0.4 is 5.32 Å². The number of rotatable bonds is 5. The van der Waals surface area contributed by atoms with E-state index in [1.165, 1.54) is 71.0 Å². The van der Waals surface area contributed by atoms with Crippen LogP contribution in [0.4, 0.5) is 0 Å². The minimum Gasteiger partial charge on any atom is -0.313 e. The summed E-state index contributed by atoms with van der Waals surface area (Å²) in [6.07, 6.45) is 11.3. The monoisotopic (exact) mass is 252 g/mol. The third-order valence-electron chi connectivity index (χ3n) is 4.99. The van der Waals surface area contributed by atoms with E-state index in [1.54, 1.807) is 0 Å². The first-order chi connectivity index (χ1) is 8.79. The van der Waals surface area contributed by atoms with E-state index in [4.69, 9.17) is 0 Å². The molecule has 106 valence electrons. The van der Waals surface area contributed by atoms with E-state index < -0.39 is 0 Å². The summed E-state index contributed by atoms with van der Waals surface area (Å²) in [5, 5.41) is 3.80. The van der Waals surface area contributed by atoms with Gasteiger partial charge in [0.15, 0.2) is 0 Å². The predicted octanol–water partition coefficient (Wildman–Crippen LogP) is 3.42. The summed E-state index contributed by atoms with van der Waals surface area (Å²) >= 11 is 0. The summed E-state index contributed by atoms with van der Waals surface area (Å²) in [5.41, 5.74) is 0. The van der Waals surface area contributed by atoms with Crippen molar-refractivity contribution >= 4 is 0 Å². The number of hydrogen-bond donors (Lipinski definition) is 1. The van der Waals surface area contributed by atoms with Gasteiger partial charge in [0.05, 0.1) is 0 Å². The number of nitrogens with one attached hydrogen (secondary N) is 1. The summed E-state index contributed by atoms with van der Waals surface area (Å²) < 4.78 is 0. The Morgan fingerprint density at radius 1 is 1.11 bits per heavy atom. The van der Waals surface area contributed by atoms with Crippen LogP contribution in [0.25, 0.3) is 0 Å². The quantitative estimate of drug-likeness (QED) is 0.806. The topological polar surface area (TPSA) is 15.3 Å². The summed E-state index contributed by atoms with van der Waals surface area (Å²) in [4.78, 5) is 2.72. The lowest BCUT2D eigenvalue weighted by Crippen LogP contribution is -2.44. The summed E-state index contributed by atoms with van der Waals surface area (Å²) in [6.45, 7) is 8.56. The van der Waals surface area contributed by atoms with Crippen LogP contribution in [-0.2, 0) is 0 Å². The van der Waals surface area contributed by atoms with Gasteiger partial charge in [0.1, 0.15) is 0 Å². The van der Waals surface area contributed by atoms with Gasteiger partial charge >= 0.3 is 0 Å². The summed E-state index contributed by atoms with van der Waals surface area (Å²) in [5.74, 6) is 0.939. The van der Waals surface area contributed by atoms with Crippen molar-refractivity contribution in [3.8, 4) is 0 Å². The molecule has 1 saturated carbocycles. The van der Waals surface area contributed by atoms with Gasteiger partial charge in [-0.05, 0) is 44.6 Å². The molecule has 2 aliphatic rings. The van der Waals surface area contributed by atoms with Gasteiger partial charge in [-0.3, -0.25) is 4.90 Å². The molecule has 2 rings (SSSR count). The number of piperidine rings is 1. The van der Waals surface area contributed by atoms with E-state index in [2.05, 4.69) is 24.1 Å². The average molecular weight is 252 g/mol. The Morgan fingerprint density at radius 3 is 2.78 bits per heavy atom. The highest BCUT2D eigenvalue weighted by Gasteiger charge is 2.21. The molecule has 3 atom stereocenters. The average Bonchev–Trinajstić information content (AvgIpc) is 2.39. The fourth-order valence-electron chi connectivity index (χ4n) is 3.85. The molecule has 2 heteroatoms. The second-order valence-corrected chi connectivity index (χ2v) is 6.52. The predicted molar refractivity (Wildman–Crippen MR) is 78.9 cm³/mol. The first kappa shape index (κ1) is 14.3. The molecule has 2 fully saturated rings. The third kappa shape index (κ3) is 4.24. The molecule has 1 aliphatic heterocycles. The fraction of sp³-hybridized carbons (Fsp3) is 1.00. The van der Waals surface area contributed by atoms with Crippen LogP contribution in [-0.4, -0.2) is 36.6 Å². The maximum Gasteiger partial charge on any atom is 0.0110 e. The molecule has 1 heterocycles. The van der Waals surface area contributed by atoms with Crippen molar-refractivity contribution in [3.05, 3.63) is 0 Å². The van der Waals surface area contributed by atoms with Crippen molar-refractivity contribution in [2.24, 2.45) is 5.92 Å². The van der Waals surface area contributed by atoms with Crippen molar-refractivity contribution in [2.45, 2.75) is 77.3 Å². The van der Waals surface area contributed by atoms with Crippen LogP contribution in [0.15, 0.2) is 0 Å². The maximum atomic E-state index is 3.80. The molecule has 0 aromatic rings. The smallest absolute Gasteiger partial charge is 0.0110 e. The van der Waals surface area contributed by atoms with E-state index in [0.29, 0.717) is 0 Å².